The predicted octanol–water partition coefficient (Wildman–Crippen LogP) is 1.68. The molecule has 2 N–H and O–H groups in total. The van der Waals surface area contributed by atoms with Crippen LogP contribution in [0, 0.1) is 0 Å². The van der Waals surface area contributed by atoms with Crippen molar-refractivity contribution in [1.29, 1.82) is 0 Å². The zero-order valence-corrected chi connectivity index (χ0v) is 18.0. The van der Waals surface area contributed by atoms with Gasteiger partial charge >= 0.3 is 0 Å². The van der Waals surface area contributed by atoms with E-state index in [2.05, 4.69) is 41.7 Å². The number of anilines is 1. The topological polar surface area (TPSA) is 85.8 Å². The lowest BCUT2D eigenvalue weighted by Gasteiger charge is -2.36. The van der Waals surface area contributed by atoms with Gasteiger partial charge in [0.05, 0.1) is 4.88 Å². The zero-order valence-electron chi connectivity index (χ0n) is 16.3. The molecule has 3 rings (SSSR count). The van der Waals surface area contributed by atoms with E-state index in [1.165, 1.54) is 22.9 Å². The maximum Gasteiger partial charge on any atom is 0.261 e. The van der Waals surface area contributed by atoms with Gasteiger partial charge in [0.25, 0.3) is 5.91 Å². The SMILES string of the molecule is CCc1nsc(N2CCN(C(=NC)NCCCNC(=O)c3cccs3)CC2)n1. The molecule has 0 saturated carbocycles. The first-order valence-corrected chi connectivity index (χ1v) is 11.2. The highest BCUT2D eigenvalue weighted by atomic mass is 32.1. The Morgan fingerprint density at radius 3 is 2.68 bits per heavy atom. The molecule has 10 heteroatoms. The van der Waals surface area contributed by atoms with Crippen molar-refractivity contribution in [3.8, 4) is 0 Å². The van der Waals surface area contributed by atoms with E-state index < -0.39 is 0 Å². The number of piperazine rings is 1. The van der Waals surface area contributed by atoms with Crippen LogP contribution in [-0.4, -0.2) is 72.4 Å². The van der Waals surface area contributed by atoms with Crippen LogP contribution in [0.1, 0.15) is 28.8 Å². The molecule has 2 aromatic rings. The molecule has 0 spiro atoms. The number of thiophene rings is 1. The summed E-state index contributed by atoms with van der Waals surface area (Å²) in [4.78, 5) is 26.2. The fourth-order valence-electron chi connectivity index (χ4n) is 2.94. The van der Waals surface area contributed by atoms with E-state index in [4.69, 9.17) is 0 Å². The predicted molar refractivity (Wildman–Crippen MR) is 116 cm³/mol. The van der Waals surface area contributed by atoms with Crippen LogP contribution < -0.4 is 15.5 Å². The van der Waals surface area contributed by atoms with E-state index in [-0.39, 0.29) is 5.91 Å². The number of carbonyl (C=O) groups excluding carboxylic acids is 1. The first kappa shape index (κ1) is 20.5. The molecular weight excluding hydrogens is 394 g/mol. The normalized spacial score (nSPS) is 15.0. The maximum absolute atomic E-state index is 11.9. The van der Waals surface area contributed by atoms with Crippen molar-refractivity contribution in [2.24, 2.45) is 4.99 Å². The lowest BCUT2D eigenvalue weighted by molar-refractivity contribution is 0.0957. The summed E-state index contributed by atoms with van der Waals surface area (Å²) < 4.78 is 4.38. The van der Waals surface area contributed by atoms with Crippen LogP contribution in [0.15, 0.2) is 22.5 Å². The molecule has 1 aliphatic rings. The number of hydrogen-bond acceptors (Lipinski definition) is 7. The molecule has 28 heavy (non-hydrogen) atoms. The molecular formula is C18H27N7OS2. The number of hydrogen-bond donors (Lipinski definition) is 2. The Morgan fingerprint density at radius 2 is 2.04 bits per heavy atom. The van der Waals surface area contributed by atoms with Crippen LogP contribution in [0.4, 0.5) is 5.13 Å². The van der Waals surface area contributed by atoms with Gasteiger partial charge in [-0.1, -0.05) is 13.0 Å². The van der Waals surface area contributed by atoms with Crippen molar-refractivity contribution >= 4 is 39.9 Å². The van der Waals surface area contributed by atoms with Gasteiger partial charge in [0.2, 0.25) is 5.13 Å². The fourth-order valence-corrected chi connectivity index (χ4v) is 4.39. The lowest BCUT2D eigenvalue weighted by atomic mass is 10.3. The molecule has 1 aliphatic heterocycles. The Morgan fingerprint density at radius 1 is 1.25 bits per heavy atom. The molecule has 0 bridgehead atoms. The number of aliphatic imine (C=N–C) groups is 1. The zero-order chi connectivity index (χ0) is 19.8. The number of amides is 1. The van der Waals surface area contributed by atoms with Gasteiger partial charge in [0.1, 0.15) is 5.82 Å². The van der Waals surface area contributed by atoms with Crippen molar-refractivity contribution < 1.29 is 4.79 Å². The van der Waals surface area contributed by atoms with Gasteiger partial charge in [-0.3, -0.25) is 9.79 Å². The van der Waals surface area contributed by atoms with Crippen LogP contribution in [-0.2, 0) is 6.42 Å². The first-order valence-electron chi connectivity index (χ1n) is 9.56. The van der Waals surface area contributed by atoms with Gasteiger partial charge in [0.15, 0.2) is 5.96 Å². The second kappa shape index (κ2) is 10.4. The van der Waals surface area contributed by atoms with E-state index in [0.717, 1.165) is 67.4 Å². The third-order valence-electron chi connectivity index (χ3n) is 4.50. The second-order valence-corrected chi connectivity index (χ2v) is 8.06. The quantitative estimate of drug-likeness (QED) is 0.402. The Labute approximate surface area is 173 Å². The summed E-state index contributed by atoms with van der Waals surface area (Å²) in [5.74, 6) is 1.83. The largest absolute Gasteiger partial charge is 0.356 e. The summed E-state index contributed by atoms with van der Waals surface area (Å²) in [6.07, 6.45) is 1.72. The minimum absolute atomic E-state index is 0.00147. The maximum atomic E-state index is 11.9. The molecule has 0 atom stereocenters. The van der Waals surface area contributed by atoms with E-state index in [1.54, 1.807) is 0 Å². The van der Waals surface area contributed by atoms with E-state index in [0.29, 0.717) is 6.54 Å². The smallest absolute Gasteiger partial charge is 0.261 e. The number of nitrogens with zero attached hydrogens (tertiary/aromatic N) is 5. The highest BCUT2D eigenvalue weighted by Crippen LogP contribution is 2.19. The molecule has 0 radical (unpaired) electrons. The van der Waals surface area contributed by atoms with Crippen LogP contribution in [0.2, 0.25) is 0 Å². The summed E-state index contributed by atoms with van der Waals surface area (Å²) >= 11 is 2.94. The molecule has 0 aliphatic carbocycles. The molecule has 3 heterocycles. The summed E-state index contributed by atoms with van der Waals surface area (Å²) in [7, 11) is 1.81. The standard InChI is InChI=1S/C18H27N7OS2/c1-3-15-22-18(28-23-15)25-11-9-24(10-12-25)17(19-2)21-8-5-7-20-16(26)14-6-4-13-27-14/h4,6,13H,3,5,7-12H2,1-2H3,(H,19,21)(H,20,26). The fraction of sp³-hybridized carbons (Fsp3) is 0.556. The molecule has 2 aromatic heterocycles. The van der Waals surface area contributed by atoms with Crippen LogP contribution in [0.5, 0.6) is 0 Å². The number of nitrogens with one attached hydrogen (secondary N) is 2. The van der Waals surface area contributed by atoms with Gasteiger partial charge in [-0.25, -0.2) is 4.98 Å². The van der Waals surface area contributed by atoms with Gasteiger partial charge in [0, 0.05) is 64.3 Å². The van der Waals surface area contributed by atoms with Crippen molar-refractivity contribution in [3.05, 3.63) is 28.2 Å². The van der Waals surface area contributed by atoms with E-state index in [1.807, 2.05) is 24.6 Å². The van der Waals surface area contributed by atoms with Crippen molar-refractivity contribution in [3.63, 3.8) is 0 Å². The van der Waals surface area contributed by atoms with Crippen LogP contribution >= 0.6 is 22.9 Å². The van der Waals surface area contributed by atoms with Gasteiger partial charge in [-0.15, -0.1) is 11.3 Å². The highest BCUT2D eigenvalue weighted by Gasteiger charge is 2.21. The van der Waals surface area contributed by atoms with E-state index >= 15 is 0 Å². The summed E-state index contributed by atoms with van der Waals surface area (Å²) in [5, 5.41) is 9.27. The van der Waals surface area contributed by atoms with Crippen LogP contribution in [0.25, 0.3) is 0 Å². The Kier molecular flexibility index (Phi) is 7.61. The summed E-state index contributed by atoms with van der Waals surface area (Å²) in [6, 6.07) is 3.73. The minimum atomic E-state index is -0.00147. The Balaban J connectivity index is 1.36. The second-order valence-electron chi connectivity index (χ2n) is 6.38. The highest BCUT2D eigenvalue weighted by molar-refractivity contribution is 7.12. The number of aryl methyl sites for hydroxylation is 1. The monoisotopic (exact) mass is 421 g/mol. The Hall–Kier alpha value is -2.20. The van der Waals surface area contributed by atoms with Gasteiger partial charge in [-0.05, 0) is 17.9 Å². The van der Waals surface area contributed by atoms with Crippen molar-refractivity contribution in [2.75, 3.05) is 51.2 Å². The average Bonchev–Trinajstić information content (AvgIpc) is 3.43. The average molecular weight is 422 g/mol. The number of carbonyl (C=O) groups is 1. The Bertz CT molecular complexity index is 767. The molecule has 152 valence electrons. The molecule has 0 aromatic carbocycles. The third kappa shape index (κ3) is 5.41. The molecule has 1 saturated heterocycles. The minimum Gasteiger partial charge on any atom is -0.356 e. The molecule has 1 amide bonds. The van der Waals surface area contributed by atoms with Crippen LogP contribution in [0.3, 0.4) is 0 Å². The lowest BCUT2D eigenvalue weighted by Crippen LogP contribution is -2.52. The van der Waals surface area contributed by atoms with E-state index in [9.17, 15) is 4.79 Å². The number of guanidine groups is 1. The number of rotatable bonds is 7. The van der Waals surface area contributed by atoms with Gasteiger partial charge < -0.3 is 20.4 Å². The van der Waals surface area contributed by atoms with Crippen molar-refractivity contribution in [2.45, 2.75) is 19.8 Å². The van der Waals surface area contributed by atoms with Gasteiger partial charge in [-0.2, -0.15) is 4.37 Å². The summed E-state index contributed by atoms with van der Waals surface area (Å²) in [5.41, 5.74) is 0. The molecule has 8 nitrogen and oxygen atoms in total. The number of aromatic nitrogens is 2. The molecule has 1 fully saturated rings. The first-order chi connectivity index (χ1) is 13.7. The third-order valence-corrected chi connectivity index (χ3v) is 6.19. The molecule has 0 unspecified atom stereocenters. The van der Waals surface area contributed by atoms with Crippen molar-refractivity contribution in [1.82, 2.24) is 24.9 Å². The summed E-state index contributed by atoms with van der Waals surface area (Å²) in [6.45, 7) is 7.11.